The molecule has 2 aromatic rings. The Morgan fingerprint density at radius 2 is 1.86 bits per heavy atom. The minimum absolute atomic E-state index is 0.0229. The summed E-state index contributed by atoms with van der Waals surface area (Å²) in [6, 6.07) is 4.06. The number of aromatic amines is 1. The topological polar surface area (TPSA) is 153 Å². The molecular weight excluding hydrogens is 464 g/mol. The summed E-state index contributed by atoms with van der Waals surface area (Å²) in [5.41, 5.74) is 1.97. The summed E-state index contributed by atoms with van der Waals surface area (Å²) in [5, 5.41) is 8.31. The van der Waals surface area contributed by atoms with Crippen molar-refractivity contribution in [2.24, 2.45) is 0 Å². The van der Waals surface area contributed by atoms with Crippen molar-refractivity contribution in [3.63, 3.8) is 0 Å². The van der Waals surface area contributed by atoms with Crippen LogP contribution in [0.25, 0.3) is 0 Å². The maximum absolute atomic E-state index is 13.1. The lowest BCUT2D eigenvalue weighted by molar-refractivity contribution is -0.136. The van der Waals surface area contributed by atoms with Crippen LogP contribution >= 0.6 is 0 Å². The molecule has 11 nitrogen and oxygen atoms in total. The fraction of sp³-hybridized carbons (Fsp3) is 0.440. The quantitative estimate of drug-likeness (QED) is 0.259. The molecule has 36 heavy (non-hydrogen) atoms. The van der Waals surface area contributed by atoms with Crippen LogP contribution < -0.4 is 16.0 Å². The van der Waals surface area contributed by atoms with Crippen molar-refractivity contribution in [2.75, 3.05) is 11.9 Å². The molecule has 1 aromatic heterocycles. The van der Waals surface area contributed by atoms with Gasteiger partial charge >= 0.3 is 0 Å². The minimum Gasteiger partial charge on any atom is -0.384 e. The SMILES string of the molecule is O=C(CCCCCCCNc1cccc2c1C(=O)N(C1CCC(=O)NC1=O)C2=O)NCc1cnc[nH]1. The second kappa shape index (κ2) is 11.6. The molecule has 1 unspecified atom stereocenters. The van der Waals surface area contributed by atoms with Crippen LogP contribution in [0.3, 0.4) is 0 Å². The number of aromatic nitrogens is 2. The van der Waals surface area contributed by atoms with E-state index in [1.165, 1.54) is 0 Å². The van der Waals surface area contributed by atoms with Gasteiger partial charge in [-0.25, -0.2) is 4.98 Å². The Morgan fingerprint density at radius 1 is 1.06 bits per heavy atom. The normalized spacial score (nSPS) is 17.2. The average Bonchev–Trinajstić information content (AvgIpc) is 3.47. The Kier molecular flexibility index (Phi) is 8.09. The van der Waals surface area contributed by atoms with Crippen LogP contribution in [-0.2, 0) is 20.9 Å². The minimum atomic E-state index is -0.976. The van der Waals surface area contributed by atoms with Crippen LogP contribution in [0, 0.1) is 0 Å². The molecule has 3 heterocycles. The lowest BCUT2D eigenvalue weighted by atomic mass is 10.0. The highest BCUT2D eigenvalue weighted by Crippen LogP contribution is 2.32. The smallest absolute Gasteiger partial charge is 0.264 e. The third kappa shape index (κ3) is 5.78. The van der Waals surface area contributed by atoms with Gasteiger partial charge in [0.15, 0.2) is 0 Å². The lowest BCUT2D eigenvalue weighted by Crippen LogP contribution is -2.54. The van der Waals surface area contributed by atoms with Crippen LogP contribution in [-0.4, -0.2) is 57.0 Å². The zero-order valence-electron chi connectivity index (χ0n) is 20.0. The van der Waals surface area contributed by atoms with E-state index in [0.717, 1.165) is 42.7 Å². The number of carbonyl (C=O) groups excluding carboxylic acids is 5. The van der Waals surface area contributed by atoms with E-state index in [1.807, 2.05) is 0 Å². The van der Waals surface area contributed by atoms with Gasteiger partial charge in [-0.2, -0.15) is 0 Å². The van der Waals surface area contributed by atoms with Crippen molar-refractivity contribution in [3.8, 4) is 0 Å². The van der Waals surface area contributed by atoms with Crippen molar-refractivity contribution in [1.29, 1.82) is 0 Å². The standard InChI is InChI=1S/C25H30N6O5/c32-20(28-14-16-13-26-15-29-16)9-4-2-1-3-5-12-27-18-8-6-7-17-22(18)25(36)31(24(17)35)19-10-11-21(33)30-23(19)34/h6-8,13,15,19,27H,1-5,9-12,14H2,(H,26,29)(H,28,32)(H,30,33,34). The fourth-order valence-electron chi connectivity index (χ4n) is 4.49. The molecule has 0 aliphatic carbocycles. The Bertz CT molecular complexity index is 1150. The number of hydrogen-bond acceptors (Lipinski definition) is 7. The van der Waals surface area contributed by atoms with E-state index in [4.69, 9.17) is 0 Å². The van der Waals surface area contributed by atoms with Crippen LogP contribution in [0.1, 0.15) is 77.8 Å². The van der Waals surface area contributed by atoms with Crippen molar-refractivity contribution in [3.05, 3.63) is 47.5 Å². The fourth-order valence-corrected chi connectivity index (χ4v) is 4.49. The number of benzene rings is 1. The molecule has 1 saturated heterocycles. The van der Waals surface area contributed by atoms with Crippen LogP contribution in [0.2, 0.25) is 0 Å². The van der Waals surface area contributed by atoms with Crippen LogP contribution in [0.4, 0.5) is 5.69 Å². The first-order valence-electron chi connectivity index (χ1n) is 12.3. The zero-order chi connectivity index (χ0) is 25.5. The van der Waals surface area contributed by atoms with Crippen molar-refractivity contribution in [1.82, 2.24) is 25.5 Å². The maximum Gasteiger partial charge on any atom is 0.264 e. The molecule has 1 fully saturated rings. The van der Waals surface area contributed by atoms with Gasteiger partial charge in [0.2, 0.25) is 17.7 Å². The maximum atomic E-state index is 13.1. The molecule has 2 aliphatic rings. The number of amides is 5. The average molecular weight is 495 g/mol. The summed E-state index contributed by atoms with van der Waals surface area (Å²) in [4.78, 5) is 69.4. The highest BCUT2D eigenvalue weighted by Gasteiger charge is 2.45. The molecular formula is C25H30N6O5. The van der Waals surface area contributed by atoms with Gasteiger partial charge in [0, 0.05) is 31.3 Å². The lowest BCUT2D eigenvalue weighted by Gasteiger charge is -2.27. The highest BCUT2D eigenvalue weighted by molar-refractivity contribution is 6.25. The molecule has 4 rings (SSSR count). The molecule has 0 radical (unpaired) electrons. The van der Waals surface area contributed by atoms with Crippen molar-refractivity contribution in [2.45, 2.75) is 64.0 Å². The van der Waals surface area contributed by atoms with Gasteiger partial charge in [0.25, 0.3) is 11.8 Å². The summed E-state index contributed by atoms with van der Waals surface area (Å²) in [6.07, 6.45) is 8.56. The number of imidazole rings is 1. The number of anilines is 1. The summed E-state index contributed by atoms with van der Waals surface area (Å²) in [7, 11) is 0. The number of nitrogens with one attached hydrogen (secondary N) is 4. The summed E-state index contributed by atoms with van der Waals surface area (Å²) >= 11 is 0. The molecule has 2 aliphatic heterocycles. The van der Waals surface area contributed by atoms with Crippen molar-refractivity contribution < 1.29 is 24.0 Å². The van der Waals surface area contributed by atoms with Gasteiger partial charge in [0.1, 0.15) is 6.04 Å². The second-order valence-corrected chi connectivity index (χ2v) is 8.97. The number of fused-ring (bicyclic) bond motifs is 1. The van der Waals surface area contributed by atoms with Gasteiger partial charge in [-0.05, 0) is 31.4 Å². The number of imide groups is 2. The Balaban J connectivity index is 1.18. The van der Waals surface area contributed by atoms with Gasteiger partial charge < -0.3 is 15.6 Å². The molecule has 11 heteroatoms. The summed E-state index contributed by atoms with van der Waals surface area (Å²) in [6.45, 7) is 1.08. The second-order valence-electron chi connectivity index (χ2n) is 8.97. The first-order chi connectivity index (χ1) is 17.5. The molecule has 1 atom stereocenters. The van der Waals surface area contributed by atoms with E-state index in [9.17, 15) is 24.0 Å². The van der Waals surface area contributed by atoms with Gasteiger partial charge in [-0.3, -0.25) is 34.2 Å². The third-order valence-corrected chi connectivity index (χ3v) is 6.40. The number of H-pyrrole nitrogens is 1. The third-order valence-electron chi connectivity index (χ3n) is 6.40. The molecule has 0 saturated carbocycles. The van der Waals surface area contributed by atoms with Crippen LogP contribution in [0.5, 0.6) is 0 Å². The van der Waals surface area contributed by atoms with E-state index < -0.39 is 29.7 Å². The number of carbonyl (C=O) groups is 5. The van der Waals surface area contributed by atoms with E-state index >= 15 is 0 Å². The van der Waals surface area contributed by atoms with E-state index in [0.29, 0.717) is 25.2 Å². The van der Waals surface area contributed by atoms with Crippen LogP contribution in [0.15, 0.2) is 30.7 Å². The van der Waals surface area contributed by atoms with E-state index in [-0.39, 0.29) is 29.9 Å². The largest absolute Gasteiger partial charge is 0.384 e. The molecule has 1 aromatic carbocycles. The zero-order valence-corrected chi connectivity index (χ0v) is 20.0. The monoisotopic (exact) mass is 494 g/mol. The van der Waals surface area contributed by atoms with E-state index in [2.05, 4.69) is 25.9 Å². The van der Waals surface area contributed by atoms with Gasteiger partial charge in [-0.15, -0.1) is 0 Å². The molecule has 5 amide bonds. The predicted octanol–water partition coefficient (Wildman–Crippen LogP) is 1.88. The van der Waals surface area contributed by atoms with Gasteiger partial charge in [0.05, 0.1) is 29.7 Å². The summed E-state index contributed by atoms with van der Waals surface area (Å²) in [5.74, 6) is -2.02. The Morgan fingerprint density at radius 3 is 2.64 bits per heavy atom. The first kappa shape index (κ1) is 25.1. The van der Waals surface area contributed by atoms with Crippen molar-refractivity contribution >= 4 is 35.2 Å². The number of unbranched alkanes of at least 4 members (excludes halogenated alkanes) is 4. The Labute approximate surface area is 208 Å². The molecule has 4 N–H and O–H groups in total. The summed E-state index contributed by atoms with van der Waals surface area (Å²) < 4.78 is 0. The number of piperidine rings is 1. The van der Waals surface area contributed by atoms with E-state index in [1.54, 1.807) is 30.7 Å². The Hall–Kier alpha value is -4.02. The molecule has 0 spiro atoms. The number of rotatable bonds is 12. The molecule has 0 bridgehead atoms. The number of nitrogens with zero attached hydrogens (tertiary/aromatic N) is 2. The van der Waals surface area contributed by atoms with Gasteiger partial charge in [-0.1, -0.05) is 25.3 Å². The number of hydrogen-bond donors (Lipinski definition) is 4. The predicted molar refractivity (Wildman–Crippen MR) is 130 cm³/mol. The highest BCUT2D eigenvalue weighted by atomic mass is 16.2. The molecule has 190 valence electrons. The first-order valence-corrected chi connectivity index (χ1v) is 12.3.